The molecule has 0 unspecified atom stereocenters. The van der Waals surface area contributed by atoms with Gasteiger partial charge < -0.3 is 10.0 Å². The molecule has 1 fully saturated rings. The summed E-state index contributed by atoms with van der Waals surface area (Å²) in [5.74, 6) is 1.18. The van der Waals surface area contributed by atoms with Crippen molar-refractivity contribution >= 4 is 17.7 Å². The summed E-state index contributed by atoms with van der Waals surface area (Å²) in [6, 6.07) is 19.9. The first-order chi connectivity index (χ1) is 14.8. The number of thioether (sulfide) groups is 1. The molecule has 8 heteroatoms. The number of hydrogen-bond acceptors (Lipinski definition) is 6. The van der Waals surface area contributed by atoms with E-state index in [0.29, 0.717) is 30.5 Å². The van der Waals surface area contributed by atoms with Crippen LogP contribution in [0.1, 0.15) is 0 Å². The highest BCUT2D eigenvalue weighted by atomic mass is 32.2. The maximum Gasteiger partial charge on any atom is 0.233 e. The third-order valence-corrected chi connectivity index (χ3v) is 6.06. The summed E-state index contributed by atoms with van der Waals surface area (Å²) in [5.41, 5.74) is 1.95. The van der Waals surface area contributed by atoms with Gasteiger partial charge in [0.05, 0.1) is 12.4 Å². The van der Waals surface area contributed by atoms with Crippen LogP contribution in [0.5, 0.6) is 0 Å². The molecule has 1 N–H and O–H groups in total. The number of carbonyl (C=O) groups is 1. The van der Waals surface area contributed by atoms with E-state index in [1.165, 1.54) is 11.8 Å². The maximum absolute atomic E-state index is 12.7. The molecule has 1 aliphatic heterocycles. The van der Waals surface area contributed by atoms with Gasteiger partial charge in [-0.1, -0.05) is 60.3 Å². The van der Waals surface area contributed by atoms with Gasteiger partial charge in [0.25, 0.3) is 0 Å². The normalized spacial score (nSPS) is 14.8. The molecule has 1 saturated heterocycles. The molecule has 4 rings (SSSR count). The first-order valence-electron chi connectivity index (χ1n) is 10.1. The van der Waals surface area contributed by atoms with Crippen LogP contribution < -0.4 is 0 Å². The quantitative estimate of drug-likeness (QED) is 0.587. The van der Waals surface area contributed by atoms with Crippen molar-refractivity contribution in [1.29, 1.82) is 0 Å². The highest BCUT2D eigenvalue weighted by Crippen LogP contribution is 2.28. The first kappa shape index (κ1) is 20.6. The van der Waals surface area contributed by atoms with Crippen LogP contribution in [0.2, 0.25) is 0 Å². The summed E-state index contributed by atoms with van der Waals surface area (Å²) in [6.45, 7) is 3.81. The Kier molecular flexibility index (Phi) is 6.78. The Morgan fingerprint density at radius 1 is 0.933 bits per heavy atom. The third-order valence-electron chi connectivity index (χ3n) is 5.15. The number of para-hydroxylation sites is 1. The number of rotatable bonds is 7. The molecule has 0 aliphatic carbocycles. The Morgan fingerprint density at radius 2 is 1.60 bits per heavy atom. The Hall–Kier alpha value is -2.68. The molecule has 2 aromatic carbocycles. The largest absolute Gasteiger partial charge is 0.395 e. The molecule has 156 valence electrons. The number of carbonyl (C=O) groups excluding carboxylic acids is 1. The number of amides is 1. The second kappa shape index (κ2) is 9.88. The van der Waals surface area contributed by atoms with Gasteiger partial charge in [0, 0.05) is 44.0 Å². The number of piperazine rings is 1. The highest BCUT2D eigenvalue weighted by Gasteiger charge is 2.22. The molecular formula is C22H25N5O2S. The van der Waals surface area contributed by atoms with Gasteiger partial charge in [0.2, 0.25) is 5.91 Å². The topological polar surface area (TPSA) is 74.5 Å². The van der Waals surface area contributed by atoms with E-state index in [-0.39, 0.29) is 12.5 Å². The van der Waals surface area contributed by atoms with E-state index >= 15 is 0 Å². The van der Waals surface area contributed by atoms with E-state index in [1.54, 1.807) is 0 Å². The summed E-state index contributed by atoms with van der Waals surface area (Å²) < 4.78 is 2.01. The van der Waals surface area contributed by atoms with Crippen molar-refractivity contribution in [2.75, 3.05) is 45.1 Å². The summed E-state index contributed by atoms with van der Waals surface area (Å²) in [6.07, 6.45) is 0. The number of nitrogens with zero attached hydrogens (tertiary/aromatic N) is 5. The molecule has 0 spiro atoms. The van der Waals surface area contributed by atoms with Gasteiger partial charge >= 0.3 is 0 Å². The van der Waals surface area contributed by atoms with E-state index in [4.69, 9.17) is 5.11 Å². The van der Waals surface area contributed by atoms with Crippen molar-refractivity contribution in [3.8, 4) is 17.1 Å². The molecule has 1 aromatic heterocycles. The molecule has 7 nitrogen and oxygen atoms in total. The minimum Gasteiger partial charge on any atom is -0.395 e. The van der Waals surface area contributed by atoms with E-state index < -0.39 is 0 Å². The minimum atomic E-state index is 0.104. The first-order valence-corrected chi connectivity index (χ1v) is 11.0. The Labute approximate surface area is 180 Å². The lowest BCUT2D eigenvalue weighted by atomic mass is 10.2. The van der Waals surface area contributed by atoms with Crippen LogP contribution in [0.15, 0.2) is 65.8 Å². The van der Waals surface area contributed by atoms with E-state index in [9.17, 15) is 4.79 Å². The van der Waals surface area contributed by atoms with Crippen LogP contribution in [0.4, 0.5) is 0 Å². The number of hydrogen-bond donors (Lipinski definition) is 1. The summed E-state index contributed by atoms with van der Waals surface area (Å²) >= 11 is 1.41. The van der Waals surface area contributed by atoms with Gasteiger partial charge in [0.15, 0.2) is 11.0 Å². The maximum atomic E-state index is 12.7. The van der Waals surface area contributed by atoms with Crippen LogP contribution in [0.3, 0.4) is 0 Å². The van der Waals surface area contributed by atoms with Crippen molar-refractivity contribution in [2.24, 2.45) is 0 Å². The molecule has 0 saturated carbocycles. The van der Waals surface area contributed by atoms with Gasteiger partial charge in [-0.05, 0) is 12.1 Å². The van der Waals surface area contributed by atoms with Crippen molar-refractivity contribution < 1.29 is 9.90 Å². The molecule has 30 heavy (non-hydrogen) atoms. The lowest BCUT2D eigenvalue weighted by Crippen LogP contribution is -2.49. The molecule has 0 bridgehead atoms. The lowest BCUT2D eigenvalue weighted by Gasteiger charge is -2.34. The van der Waals surface area contributed by atoms with Crippen LogP contribution in [-0.4, -0.2) is 80.7 Å². The second-order valence-corrected chi connectivity index (χ2v) is 8.02. The predicted molar refractivity (Wildman–Crippen MR) is 118 cm³/mol. The monoisotopic (exact) mass is 423 g/mol. The summed E-state index contributed by atoms with van der Waals surface area (Å²) in [7, 11) is 0. The molecule has 2 heterocycles. The van der Waals surface area contributed by atoms with Crippen LogP contribution in [0.25, 0.3) is 17.1 Å². The Balaban J connectivity index is 1.49. The fourth-order valence-corrected chi connectivity index (χ4v) is 4.38. The van der Waals surface area contributed by atoms with Crippen LogP contribution in [-0.2, 0) is 4.79 Å². The average Bonchev–Trinajstić information content (AvgIpc) is 3.23. The number of aliphatic hydroxyl groups is 1. The molecule has 3 aromatic rings. The molecule has 0 atom stereocenters. The van der Waals surface area contributed by atoms with Gasteiger partial charge in [-0.25, -0.2) is 0 Å². The molecular weight excluding hydrogens is 398 g/mol. The van der Waals surface area contributed by atoms with Crippen molar-refractivity contribution in [1.82, 2.24) is 24.6 Å². The van der Waals surface area contributed by atoms with Gasteiger partial charge in [0.1, 0.15) is 0 Å². The second-order valence-electron chi connectivity index (χ2n) is 7.08. The number of aliphatic hydroxyl groups excluding tert-OH is 1. The van der Waals surface area contributed by atoms with Gasteiger partial charge in [-0.15, -0.1) is 10.2 Å². The van der Waals surface area contributed by atoms with E-state index in [2.05, 4.69) is 15.1 Å². The Morgan fingerprint density at radius 3 is 2.27 bits per heavy atom. The Bertz CT molecular complexity index is 956. The van der Waals surface area contributed by atoms with Crippen molar-refractivity contribution in [3.63, 3.8) is 0 Å². The molecule has 1 aliphatic rings. The fourth-order valence-electron chi connectivity index (χ4n) is 3.53. The zero-order valence-electron chi connectivity index (χ0n) is 16.7. The van der Waals surface area contributed by atoms with Crippen molar-refractivity contribution in [2.45, 2.75) is 5.16 Å². The van der Waals surface area contributed by atoms with Gasteiger partial charge in [-0.3, -0.25) is 14.3 Å². The summed E-state index contributed by atoms with van der Waals surface area (Å²) in [5, 5.41) is 18.6. The fraction of sp³-hybridized carbons (Fsp3) is 0.318. The zero-order valence-corrected chi connectivity index (χ0v) is 17.5. The van der Waals surface area contributed by atoms with Gasteiger partial charge in [-0.2, -0.15) is 0 Å². The minimum absolute atomic E-state index is 0.104. The van der Waals surface area contributed by atoms with Crippen LogP contribution in [0, 0.1) is 0 Å². The number of benzene rings is 2. The third kappa shape index (κ3) is 4.72. The van der Waals surface area contributed by atoms with E-state index in [1.807, 2.05) is 70.1 Å². The predicted octanol–water partition coefficient (Wildman–Crippen LogP) is 2.16. The zero-order chi connectivity index (χ0) is 20.8. The lowest BCUT2D eigenvalue weighted by molar-refractivity contribution is -0.130. The number of aromatic nitrogens is 3. The molecule has 1 amide bonds. The standard InChI is InChI=1S/C22H25N5O2S/c28-16-15-25-11-13-26(14-12-25)20(29)17-30-22-24-23-21(18-7-3-1-4-8-18)27(22)19-9-5-2-6-10-19/h1-10,28H,11-17H2. The van der Waals surface area contributed by atoms with E-state index in [0.717, 1.165) is 30.2 Å². The van der Waals surface area contributed by atoms with Crippen molar-refractivity contribution in [3.05, 3.63) is 60.7 Å². The average molecular weight is 424 g/mol. The molecule has 0 radical (unpaired) electrons. The van der Waals surface area contributed by atoms with Crippen LogP contribution >= 0.6 is 11.8 Å². The smallest absolute Gasteiger partial charge is 0.233 e. The number of β-amino-alcohol motifs (C(OH)–C–C–N with tert-alkyl or cyclic N) is 1. The summed E-state index contributed by atoms with van der Waals surface area (Å²) in [4.78, 5) is 16.8. The highest BCUT2D eigenvalue weighted by molar-refractivity contribution is 7.99. The SMILES string of the molecule is O=C(CSc1nnc(-c2ccccc2)n1-c1ccccc1)N1CCN(CCO)CC1.